The second-order valence-electron chi connectivity index (χ2n) is 4.37. The highest BCUT2D eigenvalue weighted by molar-refractivity contribution is 5.86. The highest BCUT2D eigenvalue weighted by Crippen LogP contribution is 2.22. The first-order valence-corrected chi connectivity index (χ1v) is 6.76. The first-order chi connectivity index (χ1) is 10.1. The van der Waals surface area contributed by atoms with Gasteiger partial charge in [0, 0.05) is 25.8 Å². The summed E-state index contributed by atoms with van der Waals surface area (Å²) in [7, 11) is 0. The number of aromatic carboxylic acids is 1. The van der Waals surface area contributed by atoms with Gasteiger partial charge in [0.25, 0.3) is 0 Å². The van der Waals surface area contributed by atoms with Crippen LogP contribution in [0.4, 0.5) is 11.5 Å². The van der Waals surface area contributed by atoms with Crippen molar-refractivity contribution in [3.8, 4) is 0 Å². The van der Waals surface area contributed by atoms with Crippen LogP contribution >= 0.6 is 0 Å². The lowest BCUT2D eigenvalue weighted by atomic mass is 10.3. The molecule has 0 fully saturated rings. The zero-order valence-corrected chi connectivity index (χ0v) is 11.9. The van der Waals surface area contributed by atoms with Crippen LogP contribution in [-0.2, 0) is 4.74 Å². The Morgan fingerprint density at radius 2 is 2.14 bits per heavy atom. The summed E-state index contributed by atoms with van der Waals surface area (Å²) >= 11 is 0. The Morgan fingerprint density at radius 1 is 1.43 bits per heavy atom. The quantitative estimate of drug-likeness (QED) is 0.387. The maximum Gasteiger partial charge on any atom is 0.354 e. The van der Waals surface area contributed by atoms with Gasteiger partial charge in [-0.1, -0.05) is 13.3 Å². The second-order valence-corrected chi connectivity index (χ2v) is 4.37. The van der Waals surface area contributed by atoms with Gasteiger partial charge in [0.2, 0.25) is 5.82 Å². The van der Waals surface area contributed by atoms with Gasteiger partial charge in [0.05, 0.1) is 4.92 Å². The Labute approximate surface area is 122 Å². The molecule has 1 aromatic rings. The summed E-state index contributed by atoms with van der Waals surface area (Å²) in [6.07, 6.45) is 2.72. The van der Waals surface area contributed by atoms with Gasteiger partial charge >= 0.3 is 11.7 Å². The standard InChI is InChI=1S/C13H19N3O5/c1-2-3-8-21-9-4-7-14-12-11(16(19)20)6-5-10(15-12)13(17)18/h5-6H,2-4,7-9H2,1H3,(H,14,15)(H,17,18). The fourth-order valence-corrected chi connectivity index (χ4v) is 1.58. The first-order valence-electron chi connectivity index (χ1n) is 6.76. The molecule has 0 bridgehead atoms. The molecule has 0 amide bonds. The van der Waals surface area contributed by atoms with E-state index in [1.54, 1.807) is 0 Å². The van der Waals surface area contributed by atoms with Gasteiger partial charge in [-0.3, -0.25) is 10.1 Å². The summed E-state index contributed by atoms with van der Waals surface area (Å²) in [6, 6.07) is 2.25. The van der Waals surface area contributed by atoms with Crippen molar-refractivity contribution in [2.45, 2.75) is 26.2 Å². The third kappa shape index (κ3) is 5.74. The van der Waals surface area contributed by atoms with Crippen LogP contribution in [0, 0.1) is 10.1 Å². The van der Waals surface area contributed by atoms with Crippen molar-refractivity contribution in [1.82, 2.24) is 4.98 Å². The Hall–Kier alpha value is -2.22. The van der Waals surface area contributed by atoms with Crippen molar-refractivity contribution in [1.29, 1.82) is 0 Å². The largest absolute Gasteiger partial charge is 0.477 e. The van der Waals surface area contributed by atoms with Gasteiger partial charge in [0.1, 0.15) is 0 Å². The van der Waals surface area contributed by atoms with E-state index in [4.69, 9.17) is 9.84 Å². The topological polar surface area (TPSA) is 115 Å². The molecule has 8 nitrogen and oxygen atoms in total. The molecule has 1 aromatic heterocycles. The molecule has 0 aliphatic carbocycles. The maximum atomic E-state index is 10.9. The van der Waals surface area contributed by atoms with Crippen molar-refractivity contribution < 1.29 is 19.6 Å². The number of carboxylic acids is 1. The van der Waals surface area contributed by atoms with E-state index in [-0.39, 0.29) is 17.2 Å². The number of nitro groups is 1. The fraction of sp³-hybridized carbons (Fsp3) is 0.538. The number of carbonyl (C=O) groups is 1. The minimum Gasteiger partial charge on any atom is -0.477 e. The van der Waals surface area contributed by atoms with E-state index in [1.165, 1.54) is 0 Å². The van der Waals surface area contributed by atoms with E-state index in [1.807, 2.05) is 0 Å². The molecule has 0 saturated carbocycles. The Bertz CT molecular complexity index is 493. The van der Waals surface area contributed by atoms with Crippen LogP contribution in [0.2, 0.25) is 0 Å². The molecule has 0 atom stereocenters. The van der Waals surface area contributed by atoms with Crippen LogP contribution in [0.25, 0.3) is 0 Å². The number of nitrogens with zero attached hydrogens (tertiary/aromatic N) is 2. The SMILES string of the molecule is CCCCOCCCNc1nc(C(=O)O)ccc1[N+](=O)[O-]. The Kier molecular flexibility index (Phi) is 7.10. The minimum atomic E-state index is -1.23. The molecular weight excluding hydrogens is 278 g/mol. The number of rotatable bonds is 10. The van der Waals surface area contributed by atoms with Gasteiger partial charge in [-0.15, -0.1) is 0 Å². The summed E-state index contributed by atoms with van der Waals surface area (Å²) in [5.41, 5.74) is -0.478. The zero-order valence-electron chi connectivity index (χ0n) is 11.9. The Balaban J connectivity index is 2.53. The van der Waals surface area contributed by atoms with Crippen LogP contribution < -0.4 is 5.32 Å². The number of aromatic nitrogens is 1. The van der Waals surface area contributed by atoms with E-state index in [2.05, 4.69) is 17.2 Å². The predicted octanol–water partition coefficient (Wildman–Crippen LogP) is 2.31. The Morgan fingerprint density at radius 3 is 2.76 bits per heavy atom. The van der Waals surface area contributed by atoms with Crippen molar-refractivity contribution in [3.05, 3.63) is 27.9 Å². The highest BCUT2D eigenvalue weighted by Gasteiger charge is 2.17. The number of pyridine rings is 1. The van der Waals surface area contributed by atoms with Gasteiger partial charge < -0.3 is 15.2 Å². The molecule has 2 N–H and O–H groups in total. The number of hydrogen-bond acceptors (Lipinski definition) is 6. The molecule has 116 valence electrons. The van der Waals surface area contributed by atoms with Crippen molar-refractivity contribution in [3.63, 3.8) is 0 Å². The number of unbranched alkanes of at least 4 members (excludes halogenated alkanes) is 1. The molecule has 1 heterocycles. The lowest BCUT2D eigenvalue weighted by Crippen LogP contribution is -2.11. The molecule has 0 aromatic carbocycles. The number of hydrogen-bond donors (Lipinski definition) is 2. The number of anilines is 1. The molecular formula is C13H19N3O5. The van der Waals surface area contributed by atoms with E-state index in [0.717, 1.165) is 25.0 Å². The highest BCUT2D eigenvalue weighted by atomic mass is 16.6. The van der Waals surface area contributed by atoms with E-state index in [0.29, 0.717) is 26.2 Å². The molecule has 0 aliphatic rings. The molecule has 21 heavy (non-hydrogen) atoms. The lowest BCUT2D eigenvalue weighted by molar-refractivity contribution is -0.384. The first kappa shape index (κ1) is 16.8. The molecule has 8 heteroatoms. The summed E-state index contributed by atoms with van der Waals surface area (Å²) in [5, 5.41) is 22.5. The predicted molar refractivity (Wildman–Crippen MR) is 76.7 cm³/mol. The van der Waals surface area contributed by atoms with Crippen molar-refractivity contribution in [2.24, 2.45) is 0 Å². The van der Waals surface area contributed by atoms with Crippen LogP contribution in [0.3, 0.4) is 0 Å². The van der Waals surface area contributed by atoms with E-state index >= 15 is 0 Å². The van der Waals surface area contributed by atoms with Crippen LogP contribution in [-0.4, -0.2) is 40.7 Å². The zero-order chi connectivity index (χ0) is 15.7. The number of carboxylic acid groups (broad SMARTS) is 1. The van der Waals surface area contributed by atoms with Crippen LogP contribution in [0.5, 0.6) is 0 Å². The summed E-state index contributed by atoms with van der Waals surface area (Å²) in [6.45, 7) is 3.73. The number of ether oxygens (including phenoxy) is 1. The smallest absolute Gasteiger partial charge is 0.354 e. The molecule has 0 saturated heterocycles. The normalized spacial score (nSPS) is 10.3. The van der Waals surface area contributed by atoms with Crippen molar-refractivity contribution in [2.75, 3.05) is 25.1 Å². The van der Waals surface area contributed by atoms with Gasteiger partial charge in [-0.05, 0) is 18.9 Å². The summed E-state index contributed by atoms with van der Waals surface area (Å²) < 4.78 is 5.36. The van der Waals surface area contributed by atoms with Crippen molar-refractivity contribution >= 4 is 17.5 Å². The van der Waals surface area contributed by atoms with Crippen LogP contribution in [0.15, 0.2) is 12.1 Å². The molecule has 0 spiro atoms. The average molecular weight is 297 g/mol. The van der Waals surface area contributed by atoms with Gasteiger partial charge in [-0.2, -0.15) is 0 Å². The maximum absolute atomic E-state index is 10.9. The average Bonchev–Trinajstić information content (AvgIpc) is 2.45. The third-order valence-corrected chi connectivity index (χ3v) is 2.69. The van der Waals surface area contributed by atoms with Crippen LogP contribution in [0.1, 0.15) is 36.7 Å². The van der Waals surface area contributed by atoms with E-state index < -0.39 is 10.9 Å². The fourth-order valence-electron chi connectivity index (χ4n) is 1.58. The third-order valence-electron chi connectivity index (χ3n) is 2.69. The molecule has 0 aliphatic heterocycles. The van der Waals surface area contributed by atoms with Gasteiger partial charge in [-0.25, -0.2) is 9.78 Å². The molecule has 0 unspecified atom stereocenters. The molecule has 0 radical (unpaired) electrons. The molecule has 1 rings (SSSR count). The summed E-state index contributed by atoms with van der Waals surface area (Å²) in [5.74, 6) is -1.26. The minimum absolute atomic E-state index is 0.0338. The van der Waals surface area contributed by atoms with E-state index in [9.17, 15) is 14.9 Å². The monoisotopic (exact) mass is 297 g/mol. The number of nitrogens with one attached hydrogen (secondary N) is 1. The lowest BCUT2D eigenvalue weighted by Gasteiger charge is -2.07. The second kappa shape index (κ2) is 8.85. The summed E-state index contributed by atoms with van der Waals surface area (Å²) in [4.78, 5) is 24.8. The van der Waals surface area contributed by atoms with Gasteiger partial charge in [0.15, 0.2) is 5.69 Å².